The van der Waals surface area contributed by atoms with Crippen molar-refractivity contribution in [1.29, 1.82) is 5.26 Å². The van der Waals surface area contributed by atoms with Crippen LogP contribution < -0.4 is 50.8 Å². The Hall–Kier alpha value is -5.92. The summed E-state index contributed by atoms with van der Waals surface area (Å²) in [7, 11) is -7.60. The first kappa shape index (κ1) is 67.0. The molecule has 6 aliphatic rings. The van der Waals surface area contributed by atoms with E-state index in [0.717, 1.165) is 81.2 Å². The second-order valence-electron chi connectivity index (χ2n) is 23.5. The van der Waals surface area contributed by atoms with E-state index in [9.17, 15) is 31.7 Å². The maximum absolute atomic E-state index is 13.5. The van der Waals surface area contributed by atoms with Crippen molar-refractivity contribution in [3.8, 4) is 17.6 Å². The number of unbranched alkanes of at least 4 members (excludes halogenated alkanes) is 1. The van der Waals surface area contributed by atoms with Crippen molar-refractivity contribution < 1.29 is 45.4 Å². The third-order valence-electron chi connectivity index (χ3n) is 17.4. The van der Waals surface area contributed by atoms with E-state index in [1.165, 1.54) is 0 Å². The Morgan fingerprint density at radius 1 is 0.600 bits per heavy atom. The van der Waals surface area contributed by atoms with Crippen LogP contribution in [0.5, 0.6) is 11.5 Å². The number of nitrogens with zero attached hydrogens (tertiary/aromatic N) is 6. The molecule has 4 heterocycles. The topological polar surface area (TPSA) is 277 Å². The number of rotatable bonds is 29. The van der Waals surface area contributed by atoms with Crippen molar-refractivity contribution in [2.24, 2.45) is 0 Å². The molecule has 0 bridgehead atoms. The summed E-state index contributed by atoms with van der Waals surface area (Å²) in [6, 6.07) is 21.3. The molecule has 4 aromatic rings. The number of halogens is 2. The summed E-state index contributed by atoms with van der Waals surface area (Å²) >= 11 is 12.9. The standard InChI is InChI=1S/C62H82Cl2N14O10S2/c1-66-56-37-45(64)36-55-53(56)39-58(78-26-18-68-19-27-78)60(55)88-49-6-10-51(11-7-49)90(83,84)74-47-13-23-76(42-47)29-33-86-31-21-72-62(80)70-15-3-2-14-69-61(79)71-20-30-85-32-28-75-22-12-46(41-75)73-89(81,82)50-8-4-48(5-9-50)87-59-54-35-44(63)34-43(40-65)52(54)38-57(59)77-24-16-67-17-25-77/h4-11,34-37,46-47,57-60,67-68,73-74H,2-3,12-33,38-39,41-42H2,(H2,69,71,79)(H2,70,72,80)/t46-,47-,57+,58+,59+,60+/m1/s1. The van der Waals surface area contributed by atoms with E-state index in [1.54, 1.807) is 60.7 Å². The first-order valence-corrected chi connectivity index (χ1v) is 34.9. The number of sulfonamides is 2. The molecule has 4 aliphatic heterocycles. The van der Waals surface area contributed by atoms with Gasteiger partial charge in [-0.05, 0) is 147 Å². The molecule has 90 heavy (non-hydrogen) atoms. The molecule has 4 saturated heterocycles. The number of benzene rings is 4. The lowest BCUT2D eigenvalue weighted by atomic mass is 10.0. The van der Waals surface area contributed by atoms with Gasteiger partial charge >= 0.3 is 12.1 Å². The highest BCUT2D eigenvalue weighted by atomic mass is 35.5. The van der Waals surface area contributed by atoms with E-state index < -0.39 is 20.0 Å². The maximum atomic E-state index is 13.5. The van der Waals surface area contributed by atoms with E-state index in [2.05, 4.69) is 71.9 Å². The van der Waals surface area contributed by atoms with Gasteiger partial charge in [0.05, 0.1) is 66.5 Å². The zero-order chi connectivity index (χ0) is 63.0. The average molecular weight is 1320 g/mol. The Morgan fingerprint density at radius 2 is 1.03 bits per heavy atom. The van der Waals surface area contributed by atoms with Crippen molar-refractivity contribution >= 4 is 61.0 Å². The van der Waals surface area contributed by atoms with E-state index in [4.69, 9.17) is 48.7 Å². The lowest BCUT2D eigenvalue weighted by Gasteiger charge is -2.36. The summed E-state index contributed by atoms with van der Waals surface area (Å²) in [5.74, 6) is 1.06. The van der Waals surface area contributed by atoms with E-state index in [0.29, 0.717) is 157 Å². The molecular weight excluding hydrogens is 1240 g/mol. The summed E-state index contributed by atoms with van der Waals surface area (Å²) in [4.78, 5) is 37.7. The van der Waals surface area contributed by atoms with Crippen LogP contribution in [-0.2, 0) is 42.4 Å². The third-order valence-corrected chi connectivity index (χ3v) is 20.9. The summed E-state index contributed by atoms with van der Waals surface area (Å²) in [6.07, 6.45) is 3.24. The third kappa shape index (κ3) is 18.0. The van der Waals surface area contributed by atoms with Gasteiger partial charge in [0, 0.05) is 127 Å². The predicted molar refractivity (Wildman–Crippen MR) is 341 cm³/mol. The van der Waals surface area contributed by atoms with Gasteiger partial charge in [-0.3, -0.25) is 19.6 Å². The van der Waals surface area contributed by atoms with Crippen LogP contribution in [0.15, 0.2) is 82.6 Å². The van der Waals surface area contributed by atoms with Crippen molar-refractivity contribution in [1.82, 2.24) is 60.9 Å². The van der Waals surface area contributed by atoms with Gasteiger partial charge in [0.15, 0.2) is 5.69 Å². The lowest BCUT2D eigenvalue weighted by Crippen LogP contribution is -2.50. The van der Waals surface area contributed by atoms with Crippen molar-refractivity contribution in [2.75, 3.05) is 144 Å². The number of nitrogens with one attached hydrogen (secondary N) is 8. The lowest BCUT2D eigenvalue weighted by molar-refractivity contribution is 0.0693. The molecule has 0 radical (unpaired) electrons. The average Bonchev–Trinajstić information content (AvgIpc) is 1.64. The van der Waals surface area contributed by atoms with E-state index >= 15 is 0 Å². The van der Waals surface area contributed by atoms with Crippen molar-refractivity contribution in [3.05, 3.63) is 122 Å². The minimum absolute atomic E-state index is 0.00586. The number of amides is 4. The number of carbonyl (C=O) groups excluding carboxylic acids is 2. The second kappa shape index (κ2) is 32.1. The highest BCUT2D eigenvalue weighted by Crippen LogP contribution is 2.45. The van der Waals surface area contributed by atoms with Gasteiger partial charge in [-0.25, -0.2) is 40.7 Å². The molecule has 0 unspecified atom stereocenters. The number of carbonyl (C=O) groups is 2. The molecular formula is C62H82Cl2N14O10S2. The minimum atomic E-state index is -3.80. The molecule has 0 saturated carbocycles. The first-order valence-electron chi connectivity index (χ1n) is 31.2. The molecule has 0 spiro atoms. The van der Waals surface area contributed by atoms with Gasteiger partial charge in [0.2, 0.25) is 20.0 Å². The summed E-state index contributed by atoms with van der Waals surface area (Å²) < 4.78 is 84.3. The van der Waals surface area contributed by atoms with Crippen LogP contribution in [0.25, 0.3) is 4.85 Å². The molecule has 4 aromatic carbocycles. The van der Waals surface area contributed by atoms with Gasteiger partial charge in [0.1, 0.15) is 23.7 Å². The smallest absolute Gasteiger partial charge is 0.314 e. The number of likely N-dealkylation sites (tertiary alicyclic amines) is 2. The number of ether oxygens (including phenoxy) is 4. The molecule has 8 N–H and O–H groups in total. The van der Waals surface area contributed by atoms with Crippen LogP contribution in [0.3, 0.4) is 0 Å². The van der Waals surface area contributed by atoms with Gasteiger partial charge < -0.3 is 50.8 Å². The quantitative estimate of drug-likeness (QED) is 0.0280. The van der Waals surface area contributed by atoms with Crippen molar-refractivity contribution in [3.63, 3.8) is 0 Å². The Kier molecular flexibility index (Phi) is 23.9. The number of urea groups is 2. The number of fused-ring (bicyclic) bond motifs is 2. The monoisotopic (exact) mass is 1320 g/mol. The molecule has 24 nitrogen and oxygen atoms in total. The number of nitriles is 1. The normalized spacial score (nSPS) is 22.3. The Balaban J connectivity index is 0.522. The minimum Gasteiger partial charge on any atom is -0.484 e. The molecule has 4 fully saturated rings. The van der Waals surface area contributed by atoms with Crippen LogP contribution >= 0.6 is 23.2 Å². The summed E-state index contributed by atoms with van der Waals surface area (Å²) in [5, 5.41) is 28.8. The van der Waals surface area contributed by atoms with Crippen molar-refractivity contribution in [2.45, 2.75) is 84.7 Å². The molecule has 6 atom stereocenters. The van der Waals surface area contributed by atoms with E-state index in [1.807, 2.05) is 12.1 Å². The molecule has 0 aromatic heterocycles. The number of piperazine rings is 2. The van der Waals surface area contributed by atoms with Gasteiger partial charge in [0.25, 0.3) is 0 Å². The molecule has 10 rings (SSSR count). The molecule has 4 amide bonds. The molecule has 2 aliphatic carbocycles. The Bertz CT molecular complexity index is 3180. The van der Waals surface area contributed by atoms with Crippen LogP contribution in [-0.4, -0.2) is 217 Å². The number of hydrogen-bond acceptors (Lipinski definition) is 17. The second-order valence-corrected chi connectivity index (χ2v) is 27.8. The molecule has 28 heteroatoms. The van der Waals surface area contributed by atoms with Gasteiger partial charge in [-0.15, -0.1) is 0 Å². The van der Waals surface area contributed by atoms with Crippen LogP contribution in [0, 0.1) is 17.9 Å². The highest BCUT2D eigenvalue weighted by molar-refractivity contribution is 7.89. The SMILES string of the molecule is [C-]#[N+]c1cc(Cl)cc2c1C[C@H](N1CCNCC1)[C@H]2Oc1ccc(S(=O)(=O)N[C@@H]2CCN(CCOCCNC(=O)NCCCCNC(=O)NCCOCCN3CC[C@@H](NS(=O)(=O)c4ccc(O[C@H]5c6cc(Cl)cc(C#N)c6C[C@@H]5N5CCNCC5)cc4)C3)C2)cc1. The van der Waals surface area contributed by atoms with Crippen LogP contribution in [0.2, 0.25) is 10.0 Å². The Labute approximate surface area is 538 Å². The number of hydrogen-bond donors (Lipinski definition) is 8. The van der Waals surface area contributed by atoms with Gasteiger partial charge in [-0.2, -0.15) is 5.26 Å². The van der Waals surface area contributed by atoms with Crippen LogP contribution in [0.4, 0.5) is 15.3 Å². The van der Waals surface area contributed by atoms with Crippen LogP contribution in [0.1, 0.15) is 65.7 Å². The summed E-state index contributed by atoms with van der Waals surface area (Å²) in [6.45, 7) is 21.4. The predicted octanol–water partition coefficient (Wildman–Crippen LogP) is 4.13. The fourth-order valence-corrected chi connectivity index (χ4v) is 15.8. The Morgan fingerprint density at radius 3 is 1.49 bits per heavy atom. The fourth-order valence-electron chi connectivity index (χ4n) is 12.8. The largest absolute Gasteiger partial charge is 0.484 e. The zero-order valence-corrected chi connectivity index (χ0v) is 53.7. The van der Waals surface area contributed by atoms with Gasteiger partial charge in [-0.1, -0.05) is 23.2 Å². The molecule has 486 valence electrons. The zero-order valence-electron chi connectivity index (χ0n) is 50.5. The fraction of sp³-hybridized carbons (Fsp3) is 0.548. The van der Waals surface area contributed by atoms with E-state index in [-0.39, 0.29) is 58.2 Å². The first-order chi connectivity index (χ1) is 43.6. The summed E-state index contributed by atoms with van der Waals surface area (Å²) in [5.41, 5.74) is 4.76. The highest BCUT2D eigenvalue weighted by Gasteiger charge is 2.42. The maximum Gasteiger partial charge on any atom is 0.314 e.